The maximum absolute atomic E-state index is 11.4. The number of carboxylic acid groups (broad SMARTS) is 1. The normalized spacial score (nSPS) is 12.1. The van der Waals surface area contributed by atoms with Gasteiger partial charge in [-0.2, -0.15) is 0 Å². The van der Waals surface area contributed by atoms with E-state index in [2.05, 4.69) is 15.9 Å². The van der Waals surface area contributed by atoms with Crippen molar-refractivity contribution < 1.29 is 19.4 Å². The molecule has 0 spiro atoms. The minimum absolute atomic E-state index is 0.231. The van der Waals surface area contributed by atoms with Crippen molar-refractivity contribution in [3.63, 3.8) is 0 Å². The summed E-state index contributed by atoms with van der Waals surface area (Å²) >= 11 is 3.38. The van der Waals surface area contributed by atoms with E-state index >= 15 is 0 Å². The Morgan fingerprint density at radius 3 is 2.17 bits per heavy atom. The third-order valence-electron chi connectivity index (χ3n) is 2.75. The van der Waals surface area contributed by atoms with Crippen LogP contribution in [-0.4, -0.2) is 29.0 Å². The monoisotopic (exact) mass is 322 g/mol. The van der Waals surface area contributed by atoms with Crippen molar-refractivity contribution in [2.24, 2.45) is 5.92 Å². The first-order valence-electron chi connectivity index (χ1n) is 6.58. The molecule has 5 heteroatoms. The Morgan fingerprint density at radius 1 is 1.11 bits per heavy atom. The van der Waals surface area contributed by atoms with Gasteiger partial charge in [0.1, 0.15) is 0 Å². The largest absolute Gasteiger partial charge is 0.481 e. The fourth-order valence-electron chi connectivity index (χ4n) is 1.74. The van der Waals surface area contributed by atoms with Gasteiger partial charge in [0, 0.05) is 5.33 Å². The molecule has 1 unspecified atom stereocenters. The van der Waals surface area contributed by atoms with Crippen LogP contribution in [0.2, 0.25) is 0 Å². The molecule has 1 N–H and O–H groups in total. The second-order valence-corrected chi connectivity index (χ2v) is 5.03. The summed E-state index contributed by atoms with van der Waals surface area (Å²) in [5.41, 5.74) is 0. The van der Waals surface area contributed by atoms with Crippen molar-refractivity contribution in [3.05, 3.63) is 0 Å². The van der Waals surface area contributed by atoms with Crippen LogP contribution in [0.5, 0.6) is 0 Å². The molecule has 0 fully saturated rings. The zero-order chi connectivity index (χ0) is 13.8. The average Bonchev–Trinajstić information content (AvgIpc) is 2.32. The number of carbonyl (C=O) groups is 2. The van der Waals surface area contributed by atoms with Gasteiger partial charge in [0.2, 0.25) is 0 Å². The Morgan fingerprint density at radius 2 is 1.67 bits per heavy atom. The topological polar surface area (TPSA) is 63.6 Å². The number of esters is 1. The zero-order valence-corrected chi connectivity index (χ0v) is 12.6. The van der Waals surface area contributed by atoms with Crippen LogP contribution in [0.25, 0.3) is 0 Å². The summed E-state index contributed by atoms with van der Waals surface area (Å²) in [4.78, 5) is 22.3. The van der Waals surface area contributed by atoms with Crippen LogP contribution in [0.3, 0.4) is 0 Å². The van der Waals surface area contributed by atoms with Crippen molar-refractivity contribution >= 4 is 27.9 Å². The number of alkyl halides is 1. The molecule has 0 amide bonds. The van der Waals surface area contributed by atoms with Crippen molar-refractivity contribution in [1.29, 1.82) is 0 Å². The minimum atomic E-state index is -1.08. The molecule has 0 aliphatic carbocycles. The van der Waals surface area contributed by atoms with E-state index < -0.39 is 17.9 Å². The molecule has 0 aliphatic rings. The summed E-state index contributed by atoms with van der Waals surface area (Å²) in [5.74, 6) is -2.68. The molecular formula is C13H23BrO4. The summed E-state index contributed by atoms with van der Waals surface area (Å²) in [6, 6.07) is 0. The number of carboxylic acids is 1. The first-order chi connectivity index (χ1) is 8.63. The first-order valence-corrected chi connectivity index (χ1v) is 7.71. The van der Waals surface area contributed by atoms with Gasteiger partial charge in [0.05, 0.1) is 6.61 Å². The molecule has 0 heterocycles. The Bertz CT molecular complexity index is 243. The van der Waals surface area contributed by atoms with Crippen LogP contribution < -0.4 is 0 Å². The lowest BCUT2D eigenvalue weighted by Crippen LogP contribution is -2.25. The predicted molar refractivity (Wildman–Crippen MR) is 73.9 cm³/mol. The van der Waals surface area contributed by atoms with E-state index in [1.807, 2.05) is 0 Å². The Kier molecular flexibility index (Phi) is 11.1. The van der Waals surface area contributed by atoms with Crippen molar-refractivity contribution in [2.45, 2.75) is 51.9 Å². The molecule has 106 valence electrons. The number of rotatable bonds is 11. The van der Waals surface area contributed by atoms with Crippen LogP contribution in [0.1, 0.15) is 51.9 Å². The summed E-state index contributed by atoms with van der Waals surface area (Å²) < 4.78 is 4.75. The molecule has 0 rings (SSSR count). The van der Waals surface area contributed by atoms with Gasteiger partial charge in [-0.25, -0.2) is 0 Å². The number of aliphatic carboxylic acids is 1. The number of carbonyl (C=O) groups excluding carboxylic acids is 1. The number of hydrogen-bond donors (Lipinski definition) is 1. The van der Waals surface area contributed by atoms with Gasteiger partial charge in [0.15, 0.2) is 5.92 Å². The molecular weight excluding hydrogens is 300 g/mol. The van der Waals surface area contributed by atoms with Crippen LogP contribution in [0.4, 0.5) is 0 Å². The summed E-state index contributed by atoms with van der Waals surface area (Å²) in [6.45, 7) is 1.91. The quantitative estimate of drug-likeness (QED) is 0.274. The lowest BCUT2D eigenvalue weighted by molar-refractivity contribution is -0.158. The average molecular weight is 323 g/mol. The summed E-state index contributed by atoms with van der Waals surface area (Å²) in [6.07, 6.45) is 6.78. The molecule has 0 aromatic rings. The third-order valence-corrected chi connectivity index (χ3v) is 3.31. The fraction of sp³-hybridized carbons (Fsp3) is 0.846. The SMILES string of the molecule is CCOC(=O)C(CCCCCCCCBr)C(=O)O. The van der Waals surface area contributed by atoms with Gasteiger partial charge >= 0.3 is 11.9 Å². The summed E-state index contributed by atoms with van der Waals surface area (Å²) in [7, 11) is 0. The number of hydrogen-bond acceptors (Lipinski definition) is 3. The molecule has 0 saturated carbocycles. The fourth-order valence-corrected chi connectivity index (χ4v) is 2.13. The number of ether oxygens (including phenoxy) is 1. The Balaban J connectivity index is 3.71. The van der Waals surface area contributed by atoms with Crippen molar-refractivity contribution in [2.75, 3.05) is 11.9 Å². The first kappa shape index (κ1) is 17.4. The minimum Gasteiger partial charge on any atom is -0.481 e. The van der Waals surface area contributed by atoms with Crippen LogP contribution >= 0.6 is 15.9 Å². The van der Waals surface area contributed by atoms with E-state index in [9.17, 15) is 9.59 Å². The van der Waals surface area contributed by atoms with Gasteiger partial charge in [-0.15, -0.1) is 0 Å². The third kappa shape index (κ3) is 8.50. The molecule has 4 nitrogen and oxygen atoms in total. The van der Waals surface area contributed by atoms with E-state index in [1.54, 1.807) is 6.92 Å². The van der Waals surface area contributed by atoms with E-state index in [1.165, 1.54) is 19.3 Å². The van der Waals surface area contributed by atoms with E-state index in [4.69, 9.17) is 9.84 Å². The highest BCUT2D eigenvalue weighted by atomic mass is 79.9. The van der Waals surface area contributed by atoms with E-state index in [-0.39, 0.29) is 6.61 Å². The smallest absolute Gasteiger partial charge is 0.320 e. The molecule has 18 heavy (non-hydrogen) atoms. The van der Waals surface area contributed by atoms with E-state index in [0.717, 1.165) is 24.6 Å². The van der Waals surface area contributed by atoms with E-state index in [0.29, 0.717) is 6.42 Å². The molecule has 0 aromatic heterocycles. The highest BCUT2D eigenvalue weighted by molar-refractivity contribution is 9.09. The highest BCUT2D eigenvalue weighted by Crippen LogP contribution is 2.14. The van der Waals surface area contributed by atoms with Gasteiger partial charge < -0.3 is 9.84 Å². The molecule has 1 atom stereocenters. The van der Waals surface area contributed by atoms with Crippen LogP contribution in [0, 0.1) is 5.92 Å². The van der Waals surface area contributed by atoms with Crippen molar-refractivity contribution in [1.82, 2.24) is 0 Å². The molecule has 0 saturated heterocycles. The predicted octanol–water partition coefficient (Wildman–Crippen LogP) is 3.38. The lowest BCUT2D eigenvalue weighted by atomic mass is 10.0. The lowest BCUT2D eigenvalue weighted by Gasteiger charge is -2.10. The Labute approximate surface area is 117 Å². The van der Waals surface area contributed by atoms with Gasteiger partial charge in [-0.05, 0) is 19.8 Å². The van der Waals surface area contributed by atoms with Crippen LogP contribution in [0.15, 0.2) is 0 Å². The molecule has 0 bridgehead atoms. The Hall–Kier alpha value is -0.580. The van der Waals surface area contributed by atoms with Gasteiger partial charge in [-0.3, -0.25) is 9.59 Å². The zero-order valence-electron chi connectivity index (χ0n) is 11.0. The second-order valence-electron chi connectivity index (χ2n) is 4.24. The number of halogens is 1. The van der Waals surface area contributed by atoms with Gasteiger partial charge in [0.25, 0.3) is 0 Å². The van der Waals surface area contributed by atoms with Gasteiger partial charge in [-0.1, -0.05) is 48.0 Å². The molecule has 0 aromatic carbocycles. The highest BCUT2D eigenvalue weighted by Gasteiger charge is 2.26. The standard InChI is InChI=1S/C13H23BrO4/c1-2-18-13(17)11(12(15)16)9-7-5-3-4-6-8-10-14/h11H,2-10H2,1H3,(H,15,16). The number of unbranched alkanes of at least 4 members (excludes halogenated alkanes) is 5. The maximum atomic E-state index is 11.4. The molecule has 0 radical (unpaired) electrons. The second kappa shape index (κ2) is 11.5. The summed E-state index contributed by atoms with van der Waals surface area (Å²) in [5, 5.41) is 9.98. The van der Waals surface area contributed by atoms with Crippen molar-refractivity contribution in [3.8, 4) is 0 Å². The maximum Gasteiger partial charge on any atom is 0.320 e. The molecule has 0 aliphatic heterocycles. The van der Waals surface area contributed by atoms with Crippen LogP contribution in [-0.2, 0) is 14.3 Å².